The summed E-state index contributed by atoms with van der Waals surface area (Å²) in [6.45, 7) is 3.63. The molecule has 0 saturated carbocycles. The van der Waals surface area contributed by atoms with Gasteiger partial charge in [-0.2, -0.15) is 0 Å². The molecule has 1 aliphatic rings. The Morgan fingerprint density at radius 1 is 1.25 bits per heavy atom. The van der Waals surface area contributed by atoms with E-state index in [1.807, 2.05) is 0 Å². The van der Waals surface area contributed by atoms with E-state index in [2.05, 4.69) is 61.8 Å². The molecule has 2 nitrogen and oxygen atoms in total. The second-order valence-electron chi connectivity index (χ2n) is 6.87. The number of nitrogens with zero attached hydrogens (tertiary/aromatic N) is 2. The van der Waals surface area contributed by atoms with Crippen LogP contribution in [0.15, 0.2) is 24.3 Å². The van der Waals surface area contributed by atoms with E-state index >= 15 is 0 Å². The Kier molecular flexibility index (Phi) is 3.37. The van der Waals surface area contributed by atoms with Gasteiger partial charge in [0.15, 0.2) is 0 Å². The van der Waals surface area contributed by atoms with Crippen LogP contribution < -0.4 is 0 Å². The Morgan fingerprint density at radius 2 is 2.00 bits per heavy atom. The average Bonchev–Trinajstić information content (AvgIpc) is 2.73. The quantitative estimate of drug-likeness (QED) is 0.825. The van der Waals surface area contributed by atoms with Crippen LogP contribution in [-0.4, -0.2) is 30.1 Å². The van der Waals surface area contributed by atoms with Crippen LogP contribution in [0.5, 0.6) is 0 Å². The van der Waals surface area contributed by atoms with Gasteiger partial charge in [0.2, 0.25) is 0 Å². The van der Waals surface area contributed by atoms with Gasteiger partial charge >= 0.3 is 0 Å². The highest BCUT2D eigenvalue weighted by Gasteiger charge is 2.35. The SMILES string of the molecule is CN(C)CCC1(C)CCCc2c1n(C)c1ccccc21. The first-order valence-corrected chi connectivity index (χ1v) is 7.74. The molecule has 3 rings (SSSR count). The Labute approximate surface area is 122 Å². The van der Waals surface area contributed by atoms with Gasteiger partial charge in [0.25, 0.3) is 0 Å². The molecule has 0 radical (unpaired) electrons. The second-order valence-corrected chi connectivity index (χ2v) is 6.87. The minimum absolute atomic E-state index is 0.325. The summed E-state index contributed by atoms with van der Waals surface area (Å²) in [6.07, 6.45) is 5.13. The lowest BCUT2D eigenvalue weighted by Crippen LogP contribution is -2.33. The van der Waals surface area contributed by atoms with Crippen LogP contribution in [0, 0.1) is 0 Å². The van der Waals surface area contributed by atoms with Crippen molar-refractivity contribution in [2.75, 3.05) is 20.6 Å². The van der Waals surface area contributed by atoms with E-state index in [0.29, 0.717) is 5.41 Å². The molecule has 0 bridgehead atoms. The molecular formula is C18H26N2. The molecule has 0 N–H and O–H groups in total. The molecule has 108 valence electrons. The van der Waals surface area contributed by atoms with Crippen molar-refractivity contribution >= 4 is 10.9 Å². The second kappa shape index (κ2) is 4.92. The van der Waals surface area contributed by atoms with Gasteiger partial charge in [-0.15, -0.1) is 0 Å². The van der Waals surface area contributed by atoms with Crippen molar-refractivity contribution < 1.29 is 0 Å². The molecule has 2 heteroatoms. The summed E-state index contributed by atoms with van der Waals surface area (Å²) >= 11 is 0. The third-order valence-corrected chi connectivity index (χ3v) is 5.05. The summed E-state index contributed by atoms with van der Waals surface area (Å²) in [5.41, 5.74) is 4.92. The number of benzene rings is 1. The first-order valence-electron chi connectivity index (χ1n) is 7.74. The van der Waals surface area contributed by atoms with Gasteiger partial charge < -0.3 is 9.47 Å². The Morgan fingerprint density at radius 3 is 2.75 bits per heavy atom. The zero-order valence-corrected chi connectivity index (χ0v) is 13.2. The molecule has 0 amide bonds. The third-order valence-electron chi connectivity index (χ3n) is 5.05. The highest BCUT2D eigenvalue weighted by Crippen LogP contribution is 2.43. The molecule has 0 spiro atoms. The van der Waals surface area contributed by atoms with Crippen molar-refractivity contribution in [2.45, 2.75) is 38.0 Å². The first-order chi connectivity index (χ1) is 9.53. The standard InChI is InChI=1S/C18H26N2/c1-18(12-13-19(2)3)11-7-9-15-14-8-5-6-10-16(14)20(4)17(15)18/h5-6,8,10H,7,9,11-13H2,1-4H3. The summed E-state index contributed by atoms with van der Waals surface area (Å²) in [4.78, 5) is 2.31. The molecular weight excluding hydrogens is 244 g/mol. The molecule has 1 heterocycles. The summed E-state index contributed by atoms with van der Waals surface area (Å²) in [5.74, 6) is 0. The zero-order chi connectivity index (χ0) is 14.3. The maximum Gasteiger partial charge on any atom is 0.0482 e. The normalized spacial score (nSPS) is 22.4. The minimum atomic E-state index is 0.325. The zero-order valence-electron chi connectivity index (χ0n) is 13.2. The lowest BCUT2D eigenvalue weighted by molar-refractivity contribution is 0.291. The number of aryl methyl sites for hydroxylation is 2. The summed E-state index contributed by atoms with van der Waals surface area (Å²) in [5, 5.41) is 1.47. The van der Waals surface area contributed by atoms with Crippen LogP contribution in [0.3, 0.4) is 0 Å². The van der Waals surface area contributed by atoms with Gasteiger partial charge in [-0.05, 0) is 58.0 Å². The van der Waals surface area contributed by atoms with Gasteiger partial charge in [0.05, 0.1) is 0 Å². The van der Waals surface area contributed by atoms with Crippen LogP contribution in [0.25, 0.3) is 10.9 Å². The first kappa shape index (κ1) is 13.7. The minimum Gasteiger partial charge on any atom is -0.347 e. The molecule has 1 aliphatic carbocycles. The molecule has 1 unspecified atom stereocenters. The van der Waals surface area contributed by atoms with E-state index < -0.39 is 0 Å². The predicted octanol–water partition coefficient (Wildman–Crippen LogP) is 3.72. The molecule has 0 fully saturated rings. The van der Waals surface area contributed by atoms with Gasteiger partial charge in [-0.3, -0.25) is 0 Å². The molecule has 0 saturated heterocycles. The topological polar surface area (TPSA) is 8.17 Å². The fraction of sp³-hybridized carbons (Fsp3) is 0.556. The van der Waals surface area contributed by atoms with Gasteiger partial charge in [0, 0.05) is 29.1 Å². The van der Waals surface area contributed by atoms with Gasteiger partial charge in [-0.1, -0.05) is 25.1 Å². The van der Waals surface area contributed by atoms with Crippen molar-refractivity contribution in [2.24, 2.45) is 7.05 Å². The van der Waals surface area contributed by atoms with Gasteiger partial charge in [0.1, 0.15) is 0 Å². The lowest BCUT2D eigenvalue weighted by Gasteiger charge is -2.36. The Bertz CT molecular complexity index is 624. The van der Waals surface area contributed by atoms with E-state index in [9.17, 15) is 0 Å². The van der Waals surface area contributed by atoms with E-state index in [4.69, 9.17) is 0 Å². The molecule has 1 aromatic heterocycles. The van der Waals surface area contributed by atoms with Crippen molar-refractivity contribution in [3.8, 4) is 0 Å². The molecule has 0 aliphatic heterocycles. The van der Waals surface area contributed by atoms with Crippen LogP contribution in [-0.2, 0) is 18.9 Å². The number of rotatable bonds is 3. The average molecular weight is 270 g/mol. The van der Waals surface area contributed by atoms with E-state index in [-0.39, 0.29) is 0 Å². The number of para-hydroxylation sites is 1. The van der Waals surface area contributed by atoms with Crippen LogP contribution in [0.1, 0.15) is 37.4 Å². The number of fused-ring (bicyclic) bond motifs is 3. The Hall–Kier alpha value is -1.28. The summed E-state index contributed by atoms with van der Waals surface area (Å²) < 4.78 is 2.46. The monoisotopic (exact) mass is 270 g/mol. The van der Waals surface area contributed by atoms with Crippen molar-refractivity contribution in [1.82, 2.24) is 9.47 Å². The number of hydrogen-bond acceptors (Lipinski definition) is 1. The molecule has 1 aromatic carbocycles. The largest absolute Gasteiger partial charge is 0.347 e. The highest BCUT2D eigenvalue weighted by atomic mass is 15.1. The predicted molar refractivity (Wildman–Crippen MR) is 86.4 cm³/mol. The number of aromatic nitrogens is 1. The molecule has 1 atom stereocenters. The summed E-state index contributed by atoms with van der Waals surface area (Å²) in [7, 11) is 6.60. The van der Waals surface area contributed by atoms with Gasteiger partial charge in [-0.25, -0.2) is 0 Å². The number of hydrogen-bond donors (Lipinski definition) is 0. The lowest BCUT2D eigenvalue weighted by atomic mass is 9.72. The van der Waals surface area contributed by atoms with E-state index in [0.717, 1.165) is 6.54 Å². The maximum atomic E-state index is 2.47. The summed E-state index contributed by atoms with van der Waals surface area (Å²) in [6, 6.07) is 8.89. The van der Waals surface area contributed by atoms with E-state index in [1.54, 1.807) is 11.3 Å². The van der Waals surface area contributed by atoms with Crippen molar-refractivity contribution in [3.63, 3.8) is 0 Å². The smallest absolute Gasteiger partial charge is 0.0482 e. The molecule has 20 heavy (non-hydrogen) atoms. The third kappa shape index (κ3) is 2.07. The van der Waals surface area contributed by atoms with Crippen LogP contribution in [0.2, 0.25) is 0 Å². The fourth-order valence-corrected chi connectivity index (χ4v) is 3.98. The molecule has 2 aromatic rings. The fourth-order valence-electron chi connectivity index (χ4n) is 3.98. The van der Waals surface area contributed by atoms with Crippen LogP contribution >= 0.6 is 0 Å². The Balaban J connectivity index is 2.12. The van der Waals surface area contributed by atoms with Crippen molar-refractivity contribution in [3.05, 3.63) is 35.5 Å². The highest BCUT2D eigenvalue weighted by molar-refractivity contribution is 5.86. The van der Waals surface area contributed by atoms with Crippen molar-refractivity contribution in [1.29, 1.82) is 0 Å². The van der Waals surface area contributed by atoms with E-state index in [1.165, 1.54) is 36.6 Å². The maximum absolute atomic E-state index is 2.47. The van der Waals surface area contributed by atoms with Crippen LogP contribution in [0.4, 0.5) is 0 Å².